The number of carbonyl (C=O) groups excluding carboxylic acids is 2. The van der Waals surface area contributed by atoms with Gasteiger partial charge in [0.1, 0.15) is 0 Å². The molecule has 1 atom stereocenters. The van der Waals surface area contributed by atoms with Gasteiger partial charge in [-0.3, -0.25) is 9.59 Å². The minimum atomic E-state index is -5.14. The molecule has 0 aliphatic heterocycles. The largest absolute Gasteiger partial charge is 0.458 e. The number of carbonyl (C=O) groups is 2. The first-order valence-electron chi connectivity index (χ1n) is 4.41. The fraction of sp³-hybridized carbons (Fsp3) is 0.750. The van der Waals surface area contributed by atoms with Crippen LogP contribution in [0.3, 0.4) is 0 Å². The van der Waals surface area contributed by atoms with Crippen LogP contribution in [0.2, 0.25) is 0 Å². The Labute approximate surface area is 84.8 Å². The maximum absolute atomic E-state index is 11.8. The molecule has 0 bridgehead atoms. The zero-order valence-corrected chi connectivity index (χ0v) is 8.01. The zero-order valence-electron chi connectivity index (χ0n) is 8.01. The van der Waals surface area contributed by atoms with Gasteiger partial charge in [0.15, 0.2) is 0 Å². The molecule has 0 saturated carbocycles. The van der Waals surface area contributed by atoms with Gasteiger partial charge in [0.25, 0.3) is 0 Å². The Hall–Kier alpha value is -0.950. The molecular weight excluding hydrogens is 213 g/mol. The Kier molecular flexibility index (Phi) is 5.45. The van der Waals surface area contributed by atoms with Crippen molar-refractivity contribution in [1.82, 2.24) is 0 Å². The van der Waals surface area contributed by atoms with E-state index in [4.69, 9.17) is 11.5 Å². The van der Waals surface area contributed by atoms with E-state index >= 15 is 0 Å². The van der Waals surface area contributed by atoms with Crippen molar-refractivity contribution in [1.29, 1.82) is 0 Å². The molecule has 0 unspecified atom stereocenters. The molecule has 0 spiro atoms. The third-order valence-electron chi connectivity index (χ3n) is 1.79. The van der Waals surface area contributed by atoms with Crippen molar-refractivity contribution in [3.63, 3.8) is 0 Å². The van der Waals surface area contributed by atoms with Crippen LogP contribution in [0, 0.1) is 0 Å². The van der Waals surface area contributed by atoms with Gasteiger partial charge in [-0.2, -0.15) is 13.2 Å². The van der Waals surface area contributed by atoms with Gasteiger partial charge in [0.05, 0.1) is 6.04 Å². The van der Waals surface area contributed by atoms with Gasteiger partial charge in [-0.1, -0.05) is 6.42 Å². The van der Waals surface area contributed by atoms with Gasteiger partial charge >= 0.3 is 12.0 Å². The Morgan fingerprint density at radius 1 is 1.20 bits per heavy atom. The van der Waals surface area contributed by atoms with Gasteiger partial charge in [-0.15, -0.1) is 0 Å². The summed E-state index contributed by atoms with van der Waals surface area (Å²) >= 11 is 0. The molecule has 0 aromatic rings. The first-order valence-corrected chi connectivity index (χ1v) is 4.41. The molecule has 0 amide bonds. The van der Waals surface area contributed by atoms with E-state index in [2.05, 4.69) is 0 Å². The Bertz CT molecular complexity index is 241. The van der Waals surface area contributed by atoms with E-state index < -0.39 is 23.8 Å². The van der Waals surface area contributed by atoms with Crippen LogP contribution in [0.15, 0.2) is 0 Å². The van der Waals surface area contributed by atoms with Crippen molar-refractivity contribution in [2.45, 2.75) is 31.5 Å². The fourth-order valence-electron chi connectivity index (χ4n) is 0.948. The Morgan fingerprint density at radius 3 is 2.13 bits per heavy atom. The molecule has 88 valence electrons. The first-order chi connectivity index (χ1) is 6.80. The average molecular weight is 226 g/mol. The number of halogens is 3. The lowest BCUT2D eigenvalue weighted by Gasteiger charge is -2.10. The minimum absolute atomic E-state index is 0.0395. The van der Waals surface area contributed by atoms with Crippen molar-refractivity contribution in [3.8, 4) is 0 Å². The lowest BCUT2D eigenvalue weighted by molar-refractivity contribution is -0.174. The highest BCUT2D eigenvalue weighted by atomic mass is 19.4. The molecule has 0 aromatic carbocycles. The van der Waals surface area contributed by atoms with E-state index in [0.29, 0.717) is 19.4 Å². The Balaban J connectivity index is 4.15. The number of alkyl halides is 3. The van der Waals surface area contributed by atoms with Crippen molar-refractivity contribution >= 4 is 11.6 Å². The van der Waals surface area contributed by atoms with E-state index in [1.165, 1.54) is 0 Å². The number of rotatable bonds is 6. The number of Topliss-reactive ketones (excluding diaryl/α,β-unsaturated/α-hetero) is 2. The van der Waals surface area contributed by atoms with Crippen LogP contribution in [0.1, 0.15) is 19.3 Å². The number of unbranched alkanes of at least 4 members (excludes halogenated alkanes) is 1. The molecule has 4 N–H and O–H groups in total. The molecule has 0 aliphatic carbocycles. The maximum atomic E-state index is 11.8. The summed E-state index contributed by atoms with van der Waals surface area (Å²) in [6.45, 7) is 0.369. The second kappa shape index (κ2) is 5.82. The SMILES string of the molecule is NCCCC[C@H](N)C(=O)C(=O)C(F)(F)F. The zero-order chi connectivity index (χ0) is 12.1. The number of hydrogen-bond acceptors (Lipinski definition) is 4. The first kappa shape index (κ1) is 14.1. The number of nitrogens with two attached hydrogens (primary N) is 2. The van der Waals surface area contributed by atoms with Crippen LogP contribution < -0.4 is 11.5 Å². The topological polar surface area (TPSA) is 86.2 Å². The van der Waals surface area contributed by atoms with Gasteiger partial charge in [-0.25, -0.2) is 0 Å². The smallest absolute Gasteiger partial charge is 0.330 e. The highest BCUT2D eigenvalue weighted by Crippen LogP contribution is 2.17. The summed E-state index contributed by atoms with van der Waals surface area (Å²) < 4.78 is 35.4. The summed E-state index contributed by atoms with van der Waals surface area (Å²) in [5.74, 6) is -3.97. The van der Waals surface area contributed by atoms with E-state index in [1.807, 2.05) is 0 Å². The number of ketones is 2. The molecule has 0 radical (unpaired) electrons. The quantitative estimate of drug-likeness (QED) is 0.498. The average Bonchev–Trinajstić information content (AvgIpc) is 2.14. The maximum Gasteiger partial charge on any atom is 0.458 e. The molecule has 0 fully saturated rings. The molecule has 0 saturated heterocycles. The fourth-order valence-corrected chi connectivity index (χ4v) is 0.948. The van der Waals surface area contributed by atoms with Crippen molar-refractivity contribution in [2.75, 3.05) is 6.54 Å². The van der Waals surface area contributed by atoms with Crippen LogP contribution in [0.4, 0.5) is 13.2 Å². The van der Waals surface area contributed by atoms with Crippen LogP contribution in [0.5, 0.6) is 0 Å². The second-order valence-corrected chi connectivity index (χ2v) is 3.08. The lowest BCUT2D eigenvalue weighted by atomic mass is 10.0. The van der Waals surface area contributed by atoms with Crippen LogP contribution >= 0.6 is 0 Å². The summed E-state index contributed by atoms with van der Waals surface area (Å²) in [6, 6.07) is -1.38. The molecule has 0 heterocycles. The van der Waals surface area contributed by atoms with Crippen molar-refractivity contribution in [3.05, 3.63) is 0 Å². The molecule has 15 heavy (non-hydrogen) atoms. The normalized spacial score (nSPS) is 13.7. The predicted molar refractivity (Wildman–Crippen MR) is 46.9 cm³/mol. The standard InChI is InChI=1S/C8H13F3N2O2/c9-8(10,11)7(15)6(14)5(13)3-1-2-4-12/h5H,1-4,12-13H2/t5-/m0/s1. The molecule has 0 rings (SSSR count). The van der Waals surface area contributed by atoms with E-state index in [0.717, 1.165) is 0 Å². The molecule has 0 aliphatic rings. The second-order valence-electron chi connectivity index (χ2n) is 3.08. The van der Waals surface area contributed by atoms with Crippen molar-refractivity contribution < 1.29 is 22.8 Å². The van der Waals surface area contributed by atoms with Crippen molar-refractivity contribution in [2.24, 2.45) is 11.5 Å². The van der Waals surface area contributed by atoms with Gasteiger partial charge in [-0.05, 0) is 19.4 Å². The summed E-state index contributed by atoms with van der Waals surface area (Å²) in [5, 5.41) is 0. The van der Waals surface area contributed by atoms with Crippen LogP contribution in [-0.2, 0) is 9.59 Å². The summed E-state index contributed by atoms with van der Waals surface area (Å²) in [7, 11) is 0. The monoisotopic (exact) mass is 226 g/mol. The van der Waals surface area contributed by atoms with Gasteiger partial charge < -0.3 is 11.5 Å². The third-order valence-corrected chi connectivity index (χ3v) is 1.79. The molecule has 4 nitrogen and oxygen atoms in total. The third kappa shape index (κ3) is 4.89. The Morgan fingerprint density at radius 2 is 1.73 bits per heavy atom. The van der Waals surface area contributed by atoms with E-state index in [1.54, 1.807) is 0 Å². The number of hydrogen-bond donors (Lipinski definition) is 2. The van der Waals surface area contributed by atoms with E-state index in [9.17, 15) is 22.8 Å². The highest BCUT2D eigenvalue weighted by Gasteiger charge is 2.44. The summed E-state index contributed by atoms with van der Waals surface area (Å²) in [4.78, 5) is 21.3. The minimum Gasteiger partial charge on any atom is -0.330 e. The summed E-state index contributed by atoms with van der Waals surface area (Å²) in [6.07, 6.45) is -4.11. The van der Waals surface area contributed by atoms with Crippen LogP contribution in [-0.4, -0.2) is 30.3 Å². The summed E-state index contributed by atoms with van der Waals surface area (Å²) in [5.41, 5.74) is 10.3. The predicted octanol–water partition coefficient (Wildman–Crippen LogP) is 0.143. The van der Waals surface area contributed by atoms with E-state index in [-0.39, 0.29) is 6.42 Å². The van der Waals surface area contributed by atoms with Gasteiger partial charge in [0, 0.05) is 0 Å². The lowest BCUT2D eigenvalue weighted by Crippen LogP contribution is -2.42. The van der Waals surface area contributed by atoms with Crippen LogP contribution in [0.25, 0.3) is 0 Å². The highest BCUT2D eigenvalue weighted by molar-refractivity contribution is 6.41. The molecule has 0 aromatic heterocycles. The molecule has 7 heteroatoms. The van der Waals surface area contributed by atoms with Gasteiger partial charge in [0.2, 0.25) is 5.78 Å². The molecular formula is C8H13F3N2O2.